The summed E-state index contributed by atoms with van der Waals surface area (Å²) in [6, 6.07) is 0. The molecule has 0 saturated carbocycles. The molecule has 0 aliphatic heterocycles. The summed E-state index contributed by atoms with van der Waals surface area (Å²) in [6.07, 6.45) is 7.56. The summed E-state index contributed by atoms with van der Waals surface area (Å²) in [5, 5.41) is 3.32. The van der Waals surface area contributed by atoms with E-state index in [1.807, 2.05) is 12.5 Å². The van der Waals surface area contributed by atoms with E-state index in [9.17, 15) is 0 Å². The number of aromatic nitrogens is 3. The molecule has 5 nitrogen and oxygen atoms in total. The Hall–Kier alpha value is -1.62. The van der Waals surface area contributed by atoms with Gasteiger partial charge in [-0.1, -0.05) is 13.8 Å². The van der Waals surface area contributed by atoms with E-state index >= 15 is 0 Å². The van der Waals surface area contributed by atoms with Crippen LogP contribution in [0.15, 0.2) is 23.1 Å². The van der Waals surface area contributed by atoms with Crippen LogP contribution in [0.3, 0.4) is 0 Å². The molecular formula is C13H20N4O. The molecule has 18 heavy (non-hydrogen) atoms. The summed E-state index contributed by atoms with van der Waals surface area (Å²) in [5.41, 5.74) is 1.19. The lowest BCUT2D eigenvalue weighted by Gasteiger charge is -2.06. The molecule has 0 saturated heterocycles. The molecule has 0 spiro atoms. The van der Waals surface area contributed by atoms with E-state index < -0.39 is 0 Å². The van der Waals surface area contributed by atoms with E-state index in [1.54, 1.807) is 6.20 Å². The zero-order chi connectivity index (χ0) is 12.8. The minimum atomic E-state index is 0.650. The Morgan fingerprint density at radius 2 is 2.17 bits per heavy atom. The minimum Gasteiger partial charge on any atom is -0.444 e. The number of rotatable bonds is 7. The summed E-state index contributed by atoms with van der Waals surface area (Å²) < 4.78 is 7.70. The SMILES string of the molecule is CCCn1cncc1CNCc1ncc(CC)o1. The second-order valence-electron chi connectivity index (χ2n) is 4.26. The van der Waals surface area contributed by atoms with Crippen molar-refractivity contribution >= 4 is 0 Å². The van der Waals surface area contributed by atoms with Crippen molar-refractivity contribution in [2.75, 3.05) is 0 Å². The van der Waals surface area contributed by atoms with Crippen LogP contribution >= 0.6 is 0 Å². The van der Waals surface area contributed by atoms with E-state index in [4.69, 9.17) is 4.42 Å². The highest BCUT2D eigenvalue weighted by Crippen LogP contribution is 2.05. The average Bonchev–Trinajstić information content (AvgIpc) is 3.00. The second-order valence-corrected chi connectivity index (χ2v) is 4.26. The number of aryl methyl sites for hydroxylation is 2. The van der Waals surface area contributed by atoms with Crippen molar-refractivity contribution < 1.29 is 4.42 Å². The summed E-state index contributed by atoms with van der Waals surface area (Å²) in [4.78, 5) is 8.38. The summed E-state index contributed by atoms with van der Waals surface area (Å²) >= 11 is 0. The molecule has 5 heteroatoms. The van der Waals surface area contributed by atoms with Crippen LogP contribution in [-0.4, -0.2) is 14.5 Å². The topological polar surface area (TPSA) is 55.9 Å². The van der Waals surface area contributed by atoms with Crippen LogP contribution in [0.25, 0.3) is 0 Å². The molecule has 1 N–H and O–H groups in total. The number of nitrogens with zero attached hydrogens (tertiary/aromatic N) is 3. The third-order valence-electron chi connectivity index (χ3n) is 2.80. The lowest BCUT2D eigenvalue weighted by molar-refractivity contribution is 0.436. The lowest BCUT2D eigenvalue weighted by Crippen LogP contribution is -2.15. The first-order chi connectivity index (χ1) is 8.83. The third kappa shape index (κ3) is 3.20. The molecule has 0 aromatic carbocycles. The quantitative estimate of drug-likeness (QED) is 0.815. The fourth-order valence-corrected chi connectivity index (χ4v) is 1.83. The molecule has 2 aromatic heterocycles. The number of oxazole rings is 1. The number of nitrogens with one attached hydrogen (secondary N) is 1. The Morgan fingerprint density at radius 3 is 2.89 bits per heavy atom. The number of hydrogen-bond acceptors (Lipinski definition) is 4. The predicted octanol–water partition coefficient (Wildman–Crippen LogP) is 2.13. The number of imidazole rings is 1. The predicted molar refractivity (Wildman–Crippen MR) is 68.9 cm³/mol. The maximum Gasteiger partial charge on any atom is 0.208 e. The van der Waals surface area contributed by atoms with Crippen molar-refractivity contribution in [2.45, 2.75) is 46.3 Å². The highest BCUT2D eigenvalue weighted by molar-refractivity contribution is 4.98. The standard InChI is InChI=1S/C13H20N4O/c1-3-5-17-10-15-7-11(17)6-14-9-13-16-8-12(4-2)18-13/h7-8,10,14H,3-6,9H2,1-2H3. The van der Waals surface area contributed by atoms with E-state index in [0.717, 1.165) is 37.6 Å². The highest BCUT2D eigenvalue weighted by atomic mass is 16.4. The first-order valence-electron chi connectivity index (χ1n) is 6.46. The van der Waals surface area contributed by atoms with Crippen LogP contribution in [0.1, 0.15) is 37.6 Å². The molecule has 0 atom stereocenters. The van der Waals surface area contributed by atoms with Gasteiger partial charge in [0.05, 0.1) is 24.8 Å². The van der Waals surface area contributed by atoms with Gasteiger partial charge >= 0.3 is 0 Å². The number of hydrogen-bond donors (Lipinski definition) is 1. The molecule has 0 fully saturated rings. The summed E-state index contributed by atoms with van der Waals surface area (Å²) in [6.45, 7) is 6.66. The van der Waals surface area contributed by atoms with Gasteiger partial charge in [-0.3, -0.25) is 0 Å². The molecule has 98 valence electrons. The third-order valence-corrected chi connectivity index (χ3v) is 2.80. The molecule has 0 radical (unpaired) electrons. The highest BCUT2D eigenvalue weighted by Gasteiger charge is 2.04. The molecule has 2 heterocycles. The van der Waals surface area contributed by atoms with Crippen LogP contribution < -0.4 is 5.32 Å². The zero-order valence-electron chi connectivity index (χ0n) is 11.0. The Bertz CT molecular complexity index is 475. The van der Waals surface area contributed by atoms with Crippen LogP contribution in [0, 0.1) is 0 Å². The van der Waals surface area contributed by atoms with Crippen molar-refractivity contribution in [2.24, 2.45) is 0 Å². The van der Waals surface area contributed by atoms with Gasteiger partial charge in [0.2, 0.25) is 5.89 Å². The second kappa shape index (κ2) is 6.35. The maximum atomic E-state index is 5.53. The van der Waals surface area contributed by atoms with Gasteiger partial charge in [0.25, 0.3) is 0 Å². The van der Waals surface area contributed by atoms with Gasteiger partial charge in [0.15, 0.2) is 0 Å². The molecule has 0 unspecified atom stereocenters. The molecule has 0 bridgehead atoms. The van der Waals surface area contributed by atoms with Crippen molar-refractivity contribution in [3.8, 4) is 0 Å². The van der Waals surface area contributed by atoms with Gasteiger partial charge < -0.3 is 14.3 Å². The molecule has 0 aliphatic carbocycles. The van der Waals surface area contributed by atoms with E-state index in [-0.39, 0.29) is 0 Å². The van der Waals surface area contributed by atoms with Crippen molar-refractivity contribution in [3.05, 3.63) is 36.1 Å². The van der Waals surface area contributed by atoms with Crippen molar-refractivity contribution in [3.63, 3.8) is 0 Å². The molecule has 0 amide bonds. The van der Waals surface area contributed by atoms with Crippen LogP contribution in [0.5, 0.6) is 0 Å². The average molecular weight is 248 g/mol. The molecular weight excluding hydrogens is 228 g/mol. The van der Waals surface area contributed by atoms with Crippen molar-refractivity contribution in [1.29, 1.82) is 0 Å². The van der Waals surface area contributed by atoms with Crippen LogP contribution in [-0.2, 0) is 26.1 Å². The van der Waals surface area contributed by atoms with Gasteiger partial charge in [-0.15, -0.1) is 0 Å². The summed E-state index contributed by atoms with van der Waals surface area (Å²) in [5.74, 6) is 1.68. The van der Waals surface area contributed by atoms with Gasteiger partial charge in [-0.05, 0) is 6.42 Å². The van der Waals surface area contributed by atoms with Gasteiger partial charge in [0, 0.05) is 25.7 Å². The first-order valence-corrected chi connectivity index (χ1v) is 6.46. The lowest BCUT2D eigenvalue weighted by atomic mass is 10.4. The Kier molecular flexibility index (Phi) is 4.52. The van der Waals surface area contributed by atoms with Crippen LogP contribution in [0.4, 0.5) is 0 Å². The van der Waals surface area contributed by atoms with Crippen molar-refractivity contribution in [1.82, 2.24) is 19.9 Å². The monoisotopic (exact) mass is 248 g/mol. The first kappa shape index (κ1) is 12.8. The van der Waals surface area contributed by atoms with E-state index in [2.05, 4.69) is 33.7 Å². The zero-order valence-corrected chi connectivity index (χ0v) is 11.0. The molecule has 2 aromatic rings. The maximum absolute atomic E-state index is 5.53. The Labute approximate surface area is 107 Å². The fraction of sp³-hybridized carbons (Fsp3) is 0.538. The fourth-order valence-electron chi connectivity index (χ4n) is 1.83. The summed E-state index contributed by atoms with van der Waals surface area (Å²) in [7, 11) is 0. The normalized spacial score (nSPS) is 11.0. The Morgan fingerprint density at radius 1 is 1.28 bits per heavy atom. The smallest absolute Gasteiger partial charge is 0.208 e. The van der Waals surface area contributed by atoms with Crippen LogP contribution in [0.2, 0.25) is 0 Å². The molecule has 0 aliphatic rings. The van der Waals surface area contributed by atoms with Gasteiger partial charge in [-0.25, -0.2) is 9.97 Å². The molecule has 2 rings (SSSR count). The van der Waals surface area contributed by atoms with Gasteiger partial charge in [-0.2, -0.15) is 0 Å². The van der Waals surface area contributed by atoms with E-state index in [1.165, 1.54) is 5.69 Å². The van der Waals surface area contributed by atoms with E-state index in [0.29, 0.717) is 6.54 Å². The van der Waals surface area contributed by atoms with Gasteiger partial charge in [0.1, 0.15) is 5.76 Å². The Balaban J connectivity index is 1.82. The largest absolute Gasteiger partial charge is 0.444 e. The minimum absolute atomic E-state index is 0.650.